The smallest absolute Gasteiger partial charge is 0.263 e. The topological polar surface area (TPSA) is 64.0 Å². The molecule has 3 rings (SSSR count). The Balaban J connectivity index is 1.80. The molecule has 130 valence electrons. The fourth-order valence-corrected chi connectivity index (χ4v) is 4.19. The zero-order valence-corrected chi connectivity index (χ0v) is 15.6. The standard InChI is InChI=1S/C17H15Cl2N3O2S/c1-12-3-2-4-13(7-12)10-22-11-15(9-20-22)21-25(23,24)17-8-14(18)5-6-16(17)19/h2-9,11,21H,10H2,1H3. The van der Waals surface area contributed by atoms with Crippen LogP contribution in [0.2, 0.25) is 10.0 Å². The third-order valence-electron chi connectivity index (χ3n) is 3.50. The van der Waals surface area contributed by atoms with E-state index < -0.39 is 10.0 Å². The van der Waals surface area contributed by atoms with Crippen LogP contribution in [0.3, 0.4) is 0 Å². The Hall–Kier alpha value is -2.02. The fraction of sp³-hybridized carbons (Fsp3) is 0.118. The van der Waals surface area contributed by atoms with Gasteiger partial charge in [0.2, 0.25) is 0 Å². The molecule has 0 saturated carbocycles. The molecule has 1 aromatic heterocycles. The highest BCUT2D eigenvalue weighted by Gasteiger charge is 2.19. The highest BCUT2D eigenvalue weighted by Crippen LogP contribution is 2.26. The monoisotopic (exact) mass is 395 g/mol. The summed E-state index contributed by atoms with van der Waals surface area (Å²) in [4.78, 5) is -0.0758. The largest absolute Gasteiger partial charge is 0.276 e. The Bertz CT molecular complexity index is 1020. The van der Waals surface area contributed by atoms with Crippen LogP contribution in [0.5, 0.6) is 0 Å². The molecule has 0 atom stereocenters. The maximum absolute atomic E-state index is 12.5. The van der Waals surface area contributed by atoms with Crippen LogP contribution in [-0.4, -0.2) is 18.2 Å². The minimum Gasteiger partial charge on any atom is -0.276 e. The third kappa shape index (κ3) is 4.34. The summed E-state index contributed by atoms with van der Waals surface area (Å²) in [6.07, 6.45) is 3.07. The zero-order valence-electron chi connectivity index (χ0n) is 13.3. The van der Waals surface area contributed by atoms with Gasteiger partial charge in [0.05, 0.1) is 23.5 Å². The first kappa shape index (κ1) is 17.8. The van der Waals surface area contributed by atoms with Gasteiger partial charge in [-0.3, -0.25) is 9.40 Å². The fourth-order valence-electron chi connectivity index (χ4n) is 2.39. The molecule has 0 unspecified atom stereocenters. The summed E-state index contributed by atoms with van der Waals surface area (Å²) in [7, 11) is -3.85. The molecule has 0 bridgehead atoms. The Labute approximate surface area is 156 Å². The number of benzene rings is 2. The van der Waals surface area contributed by atoms with Crippen molar-refractivity contribution in [1.82, 2.24) is 9.78 Å². The maximum Gasteiger partial charge on any atom is 0.263 e. The van der Waals surface area contributed by atoms with E-state index in [9.17, 15) is 8.42 Å². The maximum atomic E-state index is 12.5. The number of anilines is 1. The van der Waals surface area contributed by atoms with Gasteiger partial charge in [-0.25, -0.2) is 8.42 Å². The number of rotatable bonds is 5. The molecule has 0 saturated heterocycles. The average molecular weight is 396 g/mol. The molecule has 0 aliphatic heterocycles. The van der Waals surface area contributed by atoms with Crippen LogP contribution >= 0.6 is 23.2 Å². The van der Waals surface area contributed by atoms with Crippen LogP contribution in [0.15, 0.2) is 59.8 Å². The van der Waals surface area contributed by atoms with E-state index in [0.717, 1.165) is 11.1 Å². The lowest BCUT2D eigenvalue weighted by Gasteiger charge is -2.08. The van der Waals surface area contributed by atoms with Gasteiger partial charge in [0.1, 0.15) is 4.90 Å². The second kappa shape index (κ2) is 7.07. The molecule has 0 spiro atoms. The van der Waals surface area contributed by atoms with E-state index in [4.69, 9.17) is 23.2 Å². The normalized spacial score (nSPS) is 11.5. The molecule has 0 aliphatic carbocycles. The van der Waals surface area contributed by atoms with Gasteiger partial charge in [0.15, 0.2) is 0 Å². The summed E-state index contributed by atoms with van der Waals surface area (Å²) in [5.41, 5.74) is 2.58. The highest BCUT2D eigenvalue weighted by atomic mass is 35.5. The number of aromatic nitrogens is 2. The van der Waals surface area contributed by atoms with Crippen molar-refractivity contribution in [2.75, 3.05) is 4.72 Å². The quantitative estimate of drug-likeness (QED) is 0.698. The lowest BCUT2D eigenvalue weighted by molar-refractivity contribution is 0.601. The van der Waals surface area contributed by atoms with Gasteiger partial charge in [-0.15, -0.1) is 0 Å². The van der Waals surface area contributed by atoms with Crippen molar-refractivity contribution in [3.63, 3.8) is 0 Å². The van der Waals surface area contributed by atoms with Crippen molar-refractivity contribution in [2.24, 2.45) is 0 Å². The summed E-state index contributed by atoms with van der Waals surface area (Å²) in [6, 6.07) is 12.3. The number of sulfonamides is 1. The van der Waals surface area contributed by atoms with E-state index in [1.54, 1.807) is 10.9 Å². The molecule has 5 nitrogen and oxygen atoms in total. The molecule has 1 heterocycles. The van der Waals surface area contributed by atoms with Crippen molar-refractivity contribution < 1.29 is 8.42 Å². The molecule has 3 aromatic rings. The lowest BCUT2D eigenvalue weighted by atomic mass is 10.1. The first-order chi connectivity index (χ1) is 11.8. The molecule has 0 radical (unpaired) electrons. The summed E-state index contributed by atoms with van der Waals surface area (Å²) >= 11 is 11.8. The summed E-state index contributed by atoms with van der Waals surface area (Å²) in [5, 5.41) is 4.58. The first-order valence-corrected chi connectivity index (χ1v) is 9.63. The van der Waals surface area contributed by atoms with Gasteiger partial charge in [-0.2, -0.15) is 5.10 Å². The van der Waals surface area contributed by atoms with E-state index >= 15 is 0 Å². The van der Waals surface area contributed by atoms with E-state index in [-0.39, 0.29) is 9.92 Å². The minimum absolute atomic E-state index is 0.0758. The second-order valence-corrected chi connectivity index (χ2v) is 8.09. The number of nitrogens with one attached hydrogen (secondary N) is 1. The predicted octanol–water partition coefficient (Wildman–Crippen LogP) is 4.35. The van der Waals surface area contributed by atoms with Crippen LogP contribution in [0.4, 0.5) is 5.69 Å². The molecule has 1 N–H and O–H groups in total. The molecular formula is C17H15Cl2N3O2S. The SMILES string of the molecule is Cc1cccc(Cn2cc(NS(=O)(=O)c3cc(Cl)ccc3Cl)cn2)c1. The lowest BCUT2D eigenvalue weighted by Crippen LogP contribution is -2.13. The number of hydrogen-bond donors (Lipinski definition) is 1. The van der Waals surface area contributed by atoms with Crippen LogP contribution in [-0.2, 0) is 16.6 Å². The molecule has 25 heavy (non-hydrogen) atoms. The van der Waals surface area contributed by atoms with Crippen molar-refractivity contribution in [3.05, 3.63) is 76.0 Å². The van der Waals surface area contributed by atoms with E-state index in [1.807, 2.05) is 25.1 Å². The van der Waals surface area contributed by atoms with Gasteiger partial charge in [-0.1, -0.05) is 53.0 Å². The molecule has 0 aliphatic rings. The van der Waals surface area contributed by atoms with E-state index in [1.165, 1.54) is 24.4 Å². The minimum atomic E-state index is -3.85. The first-order valence-electron chi connectivity index (χ1n) is 7.39. The number of aryl methyl sites for hydroxylation is 1. The van der Waals surface area contributed by atoms with E-state index in [2.05, 4.69) is 15.9 Å². The predicted molar refractivity (Wildman–Crippen MR) is 99.8 cm³/mol. The molecular weight excluding hydrogens is 381 g/mol. The van der Waals surface area contributed by atoms with Crippen LogP contribution < -0.4 is 4.72 Å². The summed E-state index contributed by atoms with van der Waals surface area (Å²) in [5.74, 6) is 0. The Kier molecular flexibility index (Phi) is 5.03. The number of halogens is 2. The summed E-state index contributed by atoms with van der Waals surface area (Å²) < 4.78 is 29.1. The Morgan fingerprint density at radius 3 is 2.72 bits per heavy atom. The molecule has 0 amide bonds. The van der Waals surface area contributed by atoms with E-state index in [0.29, 0.717) is 17.3 Å². The molecule has 2 aromatic carbocycles. The number of nitrogens with zero attached hydrogens (tertiary/aromatic N) is 2. The van der Waals surface area contributed by atoms with Crippen molar-refractivity contribution >= 4 is 38.9 Å². The molecule has 0 fully saturated rings. The van der Waals surface area contributed by atoms with Gasteiger partial charge in [0.25, 0.3) is 10.0 Å². The third-order valence-corrected chi connectivity index (χ3v) is 5.59. The van der Waals surface area contributed by atoms with Crippen molar-refractivity contribution in [1.29, 1.82) is 0 Å². The summed E-state index contributed by atoms with van der Waals surface area (Å²) in [6.45, 7) is 2.56. The number of hydrogen-bond acceptors (Lipinski definition) is 3. The van der Waals surface area contributed by atoms with Gasteiger partial charge in [-0.05, 0) is 30.7 Å². The van der Waals surface area contributed by atoms with Crippen molar-refractivity contribution in [3.8, 4) is 0 Å². The average Bonchev–Trinajstić information content (AvgIpc) is 2.96. The van der Waals surface area contributed by atoms with Crippen LogP contribution in [0, 0.1) is 6.92 Å². The molecule has 8 heteroatoms. The van der Waals surface area contributed by atoms with Crippen molar-refractivity contribution in [2.45, 2.75) is 18.4 Å². The Morgan fingerprint density at radius 1 is 1.16 bits per heavy atom. The van der Waals surface area contributed by atoms with Gasteiger partial charge < -0.3 is 0 Å². The van der Waals surface area contributed by atoms with Crippen LogP contribution in [0.1, 0.15) is 11.1 Å². The zero-order chi connectivity index (χ0) is 18.0. The second-order valence-electron chi connectivity index (χ2n) is 5.60. The van der Waals surface area contributed by atoms with Crippen LogP contribution in [0.25, 0.3) is 0 Å². The van der Waals surface area contributed by atoms with Gasteiger partial charge in [0, 0.05) is 11.2 Å². The Morgan fingerprint density at radius 2 is 1.96 bits per heavy atom. The highest BCUT2D eigenvalue weighted by molar-refractivity contribution is 7.92. The van der Waals surface area contributed by atoms with Gasteiger partial charge >= 0.3 is 0 Å².